The van der Waals surface area contributed by atoms with Crippen LogP contribution < -0.4 is 15.4 Å². The van der Waals surface area contributed by atoms with Crippen molar-refractivity contribution < 1.29 is 18.0 Å². The van der Waals surface area contributed by atoms with Crippen molar-refractivity contribution in [2.24, 2.45) is 5.41 Å². The normalized spacial score (nSPS) is 14.3. The number of hydrogen-bond acceptors (Lipinski definition) is 4. The first-order chi connectivity index (χ1) is 13.5. The topological polar surface area (TPSA) is 104 Å². The molecule has 0 spiro atoms. The van der Waals surface area contributed by atoms with Crippen molar-refractivity contribution in [1.82, 2.24) is 4.72 Å². The van der Waals surface area contributed by atoms with Crippen molar-refractivity contribution in [3.63, 3.8) is 0 Å². The second-order valence-corrected chi connectivity index (χ2v) is 9.88. The van der Waals surface area contributed by atoms with Crippen LogP contribution in [0, 0.1) is 5.41 Å². The van der Waals surface area contributed by atoms with Gasteiger partial charge in [0.1, 0.15) is 0 Å². The van der Waals surface area contributed by atoms with Gasteiger partial charge in [0.2, 0.25) is 15.9 Å². The van der Waals surface area contributed by atoms with Crippen molar-refractivity contribution in [1.29, 1.82) is 0 Å². The highest BCUT2D eigenvalue weighted by Gasteiger charge is 2.28. The predicted octanol–water partition coefficient (Wildman–Crippen LogP) is 3.36. The summed E-state index contributed by atoms with van der Waals surface area (Å²) in [5.41, 5.74) is 0.742. The first kappa shape index (κ1) is 21.0. The molecule has 2 aromatic carbocycles. The lowest BCUT2D eigenvalue weighted by atomic mass is 9.95. The van der Waals surface area contributed by atoms with Crippen molar-refractivity contribution >= 4 is 33.2 Å². The van der Waals surface area contributed by atoms with Crippen LogP contribution in [-0.2, 0) is 14.8 Å². The standard InChI is InChI=1S/C21H25N3O4S/c1-21(2,3)20(26)23-17-8-5-7-16(13-17)22-19(25)14-6-4-9-18(12-14)29(27,28)24-15-10-11-15/h4-9,12-13,15,24H,10-11H2,1-3H3,(H,22,25)(H,23,26). The van der Waals surface area contributed by atoms with Gasteiger partial charge in [-0.15, -0.1) is 0 Å². The van der Waals surface area contributed by atoms with Crippen LogP contribution in [0.2, 0.25) is 0 Å². The predicted molar refractivity (Wildman–Crippen MR) is 112 cm³/mol. The Labute approximate surface area is 171 Å². The number of anilines is 2. The van der Waals surface area contributed by atoms with Gasteiger partial charge in [-0.05, 0) is 49.2 Å². The van der Waals surface area contributed by atoms with E-state index in [-0.39, 0.29) is 22.4 Å². The molecule has 1 fully saturated rings. The smallest absolute Gasteiger partial charge is 0.255 e. The van der Waals surface area contributed by atoms with Crippen LogP contribution in [0.1, 0.15) is 44.0 Å². The van der Waals surface area contributed by atoms with Gasteiger partial charge in [0.15, 0.2) is 0 Å². The highest BCUT2D eigenvalue weighted by molar-refractivity contribution is 7.89. The van der Waals surface area contributed by atoms with Gasteiger partial charge in [0.25, 0.3) is 5.91 Å². The van der Waals surface area contributed by atoms with Crippen LogP contribution in [-0.4, -0.2) is 26.3 Å². The van der Waals surface area contributed by atoms with Crippen LogP contribution in [0.5, 0.6) is 0 Å². The molecule has 7 nitrogen and oxygen atoms in total. The molecule has 0 atom stereocenters. The molecule has 0 unspecified atom stereocenters. The van der Waals surface area contributed by atoms with Crippen LogP contribution in [0.3, 0.4) is 0 Å². The Balaban J connectivity index is 1.73. The fourth-order valence-corrected chi connectivity index (χ4v) is 3.84. The third-order valence-electron chi connectivity index (χ3n) is 4.37. The SMILES string of the molecule is CC(C)(C)C(=O)Nc1cccc(NC(=O)c2cccc(S(=O)(=O)NC3CC3)c2)c1. The Morgan fingerprint density at radius 3 is 2.17 bits per heavy atom. The molecule has 8 heteroatoms. The summed E-state index contributed by atoms with van der Waals surface area (Å²) in [5, 5.41) is 5.55. The van der Waals surface area contributed by atoms with E-state index in [0.717, 1.165) is 12.8 Å². The van der Waals surface area contributed by atoms with Gasteiger partial charge < -0.3 is 10.6 Å². The van der Waals surface area contributed by atoms with Gasteiger partial charge in [-0.2, -0.15) is 0 Å². The van der Waals surface area contributed by atoms with Crippen molar-refractivity contribution in [2.75, 3.05) is 10.6 Å². The summed E-state index contributed by atoms with van der Waals surface area (Å²) < 4.78 is 27.3. The van der Waals surface area contributed by atoms with Gasteiger partial charge >= 0.3 is 0 Å². The summed E-state index contributed by atoms with van der Waals surface area (Å²) in [6, 6.07) is 12.7. The van der Waals surface area contributed by atoms with E-state index in [4.69, 9.17) is 0 Å². The molecule has 0 aromatic heterocycles. The minimum absolute atomic E-state index is 0.0106. The molecule has 0 bridgehead atoms. The average Bonchev–Trinajstić information content (AvgIpc) is 3.44. The van der Waals surface area contributed by atoms with Gasteiger partial charge in [-0.1, -0.05) is 32.9 Å². The molecule has 1 saturated carbocycles. The lowest BCUT2D eigenvalue weighted by Crippen LogP contribution is -2.27. The Hall–Kier alpha value is -2.71. The minimum Gasteiger partial charge on any atom is -0.326 e. The molecule has 1 aliphatic rings. The van der Waals surface area contributed by atoms with E-state index in [9.17, 15) is 18.0 Å². The molecule has 0 aliphatic heterocycles. The number of rotatable bonds is 6. The lowest BCUT2D eigenvalue weighted by Gasteiger charge is -2.18. The van der Waals surface area contributed by atoms with E-state index < -0.39 is 21.3 Å². The number of carbonyl (C=O) groups is 2. The first-order valence-corrected chi connectivity index (χ1v) is 10.9. The van der Waals surface area contributed by atoms with Gasteiger partial charge in [0.05, 0.1) is 4.90 Å². The molecule has 0 radical (unpaired) electrons. The maximum atomic E-state index is 12.6. The highest BCUT2D eigenvalue weighted by Crippen LogP contribution is 2.23. The summed E-state index contributed by atoms with van der Waals surface area (Å²) in [6.07, 6.45) is 1.67. The van der Waals surface area contributed by atoms with Crippen molar-refractivity contribution in [3.05, 3.63) is 54.1 Å². The summed E-state index contributed by atoms with van der Waals surface area (Å²) >= 11 is 0. The zero-order chi connectivity index (χ0) is 21.2. The Bertz CT molecular complexity index is 1040. The quantitative estimate of drug-likeness (QED) is 0.673. The van der Waals surface area contributed by atoms with Crippen LogP contribution >= 0.6 is 0 Å². The number of sulfonamides is 1. The summed E-state index contributed by atoms with van der Waals surface area (Å²) in [6.45, 7) is 5.44. The van der Waals surface area contributed by atoms with Gasteiger partial charge in [-0.25, -0.2) is 13.1 Å². The van der Waals surface area contributed by atoms with Gasteiger partial charge in [0, 0.05) is 28.4 Å². The molecule has 2 aromatic rings. The fraction of sp³-hybridized carbons (Fsp3) is 0.333. The third kappa shape index (κ3) is 5.65. The number of carbonyl (C=O) groups excluding carboxylic acids is 2. The van der Waals surface area contributed by atoms with E-state index >= 15 is 0 Å². The lowest BCUT2D eigenvalue weighted by molar-refractivity contribution is -0.123. The second kappa shape index (κ2) is 7.96. The minimum atomic E-state index is -3.64. The fourth-order valence-electron chi connectivity index (χ4n) is 2.49. The molecule has 1 aliphatic carbocycles. The molecule has 29 heavy (non-hydrogen) atoms. The molecular formula is C21H25N3O4S. The third-order valence-corrected chi connectivity index (χ3v) is 5.88. The largest absolute Gasteiger partial charge is 0.326 e. The highest BCUT2D eigenvalue weighted by atomic mass is 32.2. The Morgan fingerprint density at radius 2 is 1.55 bits per heavy atom. The average molecular weight is 416 g/mol. The van der Waals surface area contributed by atoms with Crippen molar-refractivity contribution in [2.45, 2.75) is 44.6 Å². The molecule has 154 valence electrons. The van der Waals surface area contributed by atoms with Gasteiger partial charge in [-0.3, -0.25) is 9.59 Å². The molecule has 2 amide bonds. The molecule has 0 saturated heterocycles. The summed E-state index contributed by atoms with van der Waals surface area (Å²) in [4.78, 5) is 24.8. The summed E-state index contributed by atoms with van der Waals surface area (Å²) in [5.74, 6) is -0.574. The maximum absolute atomic E-state index is 12.6. The monoisotopic (exact) mass is 415 g/mol. The maximum Gasteiger partial charge on any atom is 0.255 e. The molecule has 0 heterocycles. The molecule has 3 N–H and O–H groups in total. The van der Waals surface area contributed by atoms with E-state index in [0.29, 0.717) is 11.4 Å². The summed E-state index contributed by atoms with van der Waals surface area (Å²) in [7, 11) is -3.64. The zero-order valence-corrected chi connectivity index (χ0v) is 17.5. The van der Waals surface area contributed by atoms with Crippen molar-refractivity contribution in [3.8, 4) is 0 Å². The second-order valence-electron chi connectivity index (χ2n) is 8.16. The molecular weight excluding hydrogens is 390 g/mol. The number of amides is 2. The van der Waals surface area contributed by atoms with Crippen LogP contribution in [0.25, 0.3) is 0 Å². The van der Waals surface area contributed by atoms with E-state index in [1.807, 2.05) is 20.8 Å². The zero-order valence-electron chi connectivity index (χ0n) is 16.7. The van der Waals surface area contributed by atoms with E-state index in [1.54, 1.807) is 30.3 Å². The number of hydrogen-bond donors (Lipinski definition) is 3. The van der Waals surface area contributed by atoms with E-state index in [2.05, 4.69) is 15.4 Å². The van der Waals surface area contributed by atoms with Crippen LogP contribution in [0.15, 0.2) is 53.4 Å². The number of benzene rings is 2. The van der Waals surface area contributed by atoms with E-state index in [1.165, 1.54) is 18.2 Å². The Morgan fingerprint density at radius 1 is 0.931 bits per heavy atom. The number of nitrogens with one attached hydrogen (secondary N) is 3. The Kier molecular flexibility index (Phi) is 5.77. The first-order valence-electron chi connectivity index (χ1n) is 9.40. The van der Waals surface area contributed by atoms with Crippen LogP contribution in [0.4, 0.5) is 11.4 Å². The molecule has 3 rings (SSSR count).